The van der Waals surface area contributed by atoms with Crippen molar-refractivity contribution < 1.29 is 19.2 Å². The summed E-state index contributed by atoms with van der Waals surface area (Å²) in [6.07, 6.45) is 0.725. The summed E-state index contributed by atoms with van der Waals surface area (Å²) in [5.41, 5.74) is 3.70. The van der Waals surface area contributed by atoms with Crippen LogP contribution < -0.4 is 4.90 Å². The van der Waals surface area contributed by atoms with Crippen molar-refractivity contribution in [2.75, 3.05) is 39.9 Å². The summed E-state index contributed by atoms with van der Waals surface area (Å²) in [6.45, 7) is 3.96. The number of likely N-dealkylation sites (N-methyl/N-ethyl adjacent to an activating group) is 1. The first-order valence-corrected chi connectivity index (χ1v) is 8.61. The van der Waals surface area contributed by atoms with Gasteiger partial charge in [0.05, 0.1) is 20.3 Å². The van der Waals surface area contributed by atoms with Crippen molar-refractivity contribution in [2.24, 2.45) is 0 Å². The van der Waals surface area contributed by atoms with Crippen LogP contribution in [0.4, 0.5) is 0 Å². The number of quaternary nitrogens is 1. The number of amides is 1. The predicted molar refractivity (Wildman–Crippen MR) is 89.7 cm³/mol. The summed E-state index contributed by atoms with van der Waals surface area (Å²) in [7, 11) is 2.02. The summed E-state index contributed by atoms with van der Waals surface area (Å²) < 4.78 is 10.9. The fourth-order valence-corrected chi connectivity index (χ4v) is 3.63. The van der Waals surface area contributed by atoms with Crippen LogP contribution in [0.3, 0.4) is 0 Å². The lowest BCUT2D eigenvalue weighted by Gasteiger charge is -2.28. The standard InChI is InChI=1S/C18H23N3O3/c1-20(12-18-23-8-9-24-18)11-17(22)21-7-6-16-14(10-21)13-4-2-3-5-15(13)19-16/h2-5,18-19H,6-12H2,1H3/p+1. The number of nitrogens with one attached hydrogen (secondary N) is 2. The molecule has 4 rings (SSSR count). The van der Waals surface area contributed by atoms with Gasteiger partial charge in [0.25, 0.3) is 5.91 Å². The van der Waals surface area contributed by atoms with Gasteiger partial charge in [-0.2, -0.15) is 0 Å². The third-order valence-corrected chi connectivity index (χ3v) is 4.89. The predicted octanol–water partition coefficient (Wildman–Crippen LogP) is -0.0598. The number of fused-ring (bicyclic) bond motifs is 3. The van der Waals surface area contributed by atoms with Crippen LogP contribution in [0.25, 0.3) is 10.9 Å². The van der Waals surface area contributed by atoms with E-state index in [1.165, 1.54) is 16.6 Å². The molecule has 2 aromatic rings. The van der Waals surface area contributed by atoms with Gasteiger partial charge in [-0.3, -0.25) is 4.79 Å². The lowest BCUT2D eigenvalue weighted by Crippen LogP contribution is -3.11. The number of benzene rings is 1. The van der Waals surface area contributed by atoms with Gasteiger partial charge in [0.2, 0.25) is 6.29 Å². The van der Waals surface area contributed by atoms with Gasteiger partial charge in [0.1, 0.15) is 6.54 Å². The van der Waals surface area contributed by atoms with E-state index in [1.54, 1.807) is 0 Å². The van der Waals surface area contributed by atoms with E-state index in [0.717, 1.165) is 23.4 Å². The Morgan fingerprint density at radius 1 is 1.33 bits per heavy atom. The number of nitrogens with zero attached hydrogens (tertiary/aromatic N) is 1. The van der Waals surface area contributed by atoms with Crippen molar-refractivity contribution in [3.63, 3.8) is 0 Å². The number of aromatic amines is 1. The van der Waals surface area contributed by atoms with Crippen molar-refractivity contribution in [2.45, 2.75) is 19.3 Å². The van der Waals surface area contributed by atoms with E-state index in [1.807, 2.05) is 18.0 Å². The maximum Gasteiger partial charge on any atom is 0.278 e. The molecule has 128 valence electrons. The number of aromatic nitrogens is 1. The van der Waals surface area contributed by atoms with Crippen LogP contribution in [0.1, 0.15) is 11.3 Å². The third kappa shape index (κ3) is 3.05. The van der Waals surface area contributed by atoms with E-state index in [-0.39, 0.29) is 12.2 Å². The Morgan fingerprint density at radius 2 is 2.12 bits per heavy atom. The number of hydrogen-bond acceptors (Lipinski definition) is 3. The third-order valence-electron chi connectivity index (χ3n) is 4.89. The van der Waals surface area contributed by atoms with Gasteiger partial charge >= 0.3 is 0 Å². The summed E-state index contributed by atoms with van der Waals surface area (Å²) in [5, 5.41) is 1.23. The van der Waals surface area contributed by atoms with Gasteiger partial charge in [-0.05, 0) is 6.07 Å². The lowest BCUT2D eigenvalue weighted by molar-refractivity contribution is -0.877. The van der Waals surface area contributed by atoms with Crippen LogP contribution in [0.15, 0.2) is 24.3 Å². The Morgan fingerprint density at radius 3 is 2.96 bits per heavy atom. The Labute approximate surface area is 141 Å². The highest BCUT2D eigenvalue weighted by Gasteiger charge is 2.27. The molecule has 24 heavy (non-hydrogen) atoms. The minimum atomic E-state index is -0.167. The average molecular weight is 330 g/mol. The molecule has 0 saturated carbocycles. The van der Waals surface area contributed by atoms with Crippen LogP contribution in [0.5, 0.6) is 0 Å². The van der Waals surface area contributed by atoms with Crippen molar-refractivity contribution in [1.82, 2.24) is 9.88 Å². The molecule has 6 heteroatoms. The number of carbonyl (C=O) groups is 1. The maximum atomic E-state index is 12.7. The SMILES string of the molecule is C[NH+](CC(=O)N1CCc2[nH]c3ccccc3c2C1)CC1OCCO1. The summed E-state index contributed by atoms with van der Waals surface area (Å²) in [6, 6.07) is 8.32. The number of para-hydroxylation sites is 1. The minimum absolute atomic E-state index is 0.167. The second-order valence-electron chi connectivity index (χ2n) is 6.70. The molecule has 1 saturated heterocycles. The molecule has 1 aromatic heterocycles. The molecule has 2 aliphatic heterocycles. The molecule has 1 atom stereocenters. The number of rotatable bonds is 4. The first kappa shape index (κ1) is 15.6. The number of ether oxygens (including phenoxy) is 2. The fraction of sp³-hybridized carbons (Fsp3) is 0.500. The Balaban J connectivity index is 1.41. The zero-order valence-electron chi connectivity index (χ0n) is 14.0. The number of H-pyrrole nitrogens is 1. The zero-order valence-corrected chi connectivity index (χ0v) is 14.0. The van der Waals surface area contributed by atoms with E-state index >= 15 is 0 Å². The quantitative estimate of drug-likeness (QED) is 0.826. The molecule has 1 amide bonds. The molecule has 0 spiro atoms. The van der Waals surface area contributed by atoms with E-state index < -0.39 is 0 Å². The summed E-state index contributed by atoms with van der Waals surface area (Å²) >= 11 is 0. The Kier molecular flexibility index (Phi) is 4.26. The number of hydrogen-bond donors (Lipinski definition) is 2. The highest BCUT2D eigenvalue weighted by Crippen LogP contribution is 2.27. The van der Waals surface area contributed by atoms with Gasteiger partial charge in [-0.25, -0.2) is 0 Å². The highest BCUT2D eigenvalue weighted by atomic mass is 16.7. The second-order valence-corrected chi connectivity index (χ2v) is 6.70. The van der Waals surface area contributed by atoms with Gasteiger partial charge in [0, 0.05) is 41.7 Å². The van der Waals surface area contributed by atoms with Crippen LogP contribution in [-0.4, -0.2) is 62.0 Å². The molecule has 0 radical (unpaired) electrons. The summed E-state index contributed by atoms with van der Waals surface area (Å²) in [5.74, 6) is 0.196. The smallest absolute Gasteiger partial charge is 0.278 e. The van der Waals surface area contributed by atoms with Crippen LogP contribution in [0, 0.1) is 0 Å². The van der Waals surface area contributed by atoms with Gasteiger partial charge < -0.3 is 24.3 Å². The first-order chi connectivity index (χ1) is 11.7. The Bertz CT molecular complexity index is 736. The molecular formula is C18H24N3O3+. The number of carbonyl (C=O) groups excluding carboxylic acids is 1. The van der Waals surface area contributed by atoms with Crippen molar-refractivity contribution >= 4 is 16.8 Å². The molecule has 0 bridgehead atoms. The van der Waals surface area contributed by atoms with Crippen LogP contribution in [-0.2, 0) is 27.2 Å². The van der Waals surface area contributed by atoms with E-state index in [9.17, 15) is 4.79 Å². The largest absolute Gasteiger partial charge is 0.358 e. The van der Waals surface area contributed by atoms with Gasteiger partial charge in [-0.1, -0.05) is 18.2 Å². The van der Waals surface area contributed by atoms with Crippen molar-refractivity contribution in [3.8, 4) is 0 Å². The molecule has 6 nitrogen and oxygen atoms in total. The van der Waals surface area contributed by atoms with Gasteiger partial charge in [-0.15, -0.1) is 0 Å². The molecule has 1 unspecified atom stereocenters. The molecular weight excluding hydrogens is 306 g/mol. The maximum absolute atomic E-state index is 12.7. The molecule has 1 aromatic carbocycles. The van der Waals surface area contributed by atoms with E-state index in [0.29, 0.717) is 32.8 Å². The highest BCUT2D eigenvalue weighted by molar-refractivity contribution is 5.86. The Hall–Kier alpha value is -1.89. The molecule has 2 aliphatic rings. The zero-order chi connectivity index (χ0) is 16.5. The minimum Gasteiger partial charge on any atom is -0.358 e. The molecule has 0 aliphatic carbocycles. The normalized spacial score (nSPS) is 19.6. The molecule has 3 heterocycles. The van der Waals surface area contributed by atoms with E-state index in [4.69, 9.17) is 9.47 Å². The second kappa shape index (κ2) is 6.55. The van der Waals surface area contributed by atoms with Crippen molar-refractivity contribution in [1.29, 1.82) is 0 Å². The monoisotopic (exact) mass is 330 g/mol. The molecule has 2 N–H and O–H groups in total. The topological polar surface area (TPSA) is 59.0 Å². The van der Waals surface area contributed by atoms with Crippen LogP contribution in [0.2, 0.25) is 0 Å². The summed E-state index contributed by atoms with van der Waals surface area (Å²) in [4.78, 5) is 19.2. The van der Waals surface area contributed by atoms with E-state index in [2.05, 4.69) is 23.2 Å². The van der Waals surface area contributed by atoms with Crippen molar-refractivity contribution in [3.05, 3.63) is 35.5 Å². The van der Waals surface area contributed by atoms with Gasteiger partial charge in [0.15, 0.2) is 6.54 Å². The first-order valence-electron chi connectivity index (χ1n) is 8.61. The fourth-order valence-electron chi connectivity index (χ4n) is 3.63. The average Bonchev–Trinajstić information content (AvgIpc) is 3.21. The molecule has 1 fully saturated rings. The lowest BCUT2D eigenvalue weighted by atomic mass is 10.0. The van der Waals surface area contributed by atoms with Crippen LogP contribution >= 0.6 is 0 Å².